The fourth-order valence-electron chi connectivity index (χ4n) is 2.04. The van der Waals surface area contributed by atoms with Gasteiger partial charge in [0.15, 0.2) is 0 Å². The lowest BCUT2D eigenvalue weighted by Crippen LogP contribution is -2.09. The Kier molecular flexibility index (Phi) is 3.50. The minimum atomic E-state index is 0.578. The van der Waals surface area contributed by atoms with Gasteiger partial charge in [0.25, 0.3) is 0 Å². The maximum absolute atomic E-state index is 5.41. The number of aromatic nitrogens is 3. The van der Waals surface area contributed by atoms with E-state index in [1.54, 1.807) is 0 Å². The predicted octanol–water partition coefficient (Wildman–Crippen LogP) is 2.90. The van der Waals surface area contributed by atoms with E-state index in [-0.39, 0.29) is 0 Å². The van der Waals surface area contributed by atoms with Crippen LogP contribution in [0, 0.1) is 0 Å². The van der Waals surface area contributed by atoms with Gasteiger partial charge in [0.05, 0.1) is 12.1 Å². The zero-order valence-electron chi connectivity index (χ0n) is 11.3. The van der Waals surface area contributed by atoms with Gasteiger partial charge in [0.1, 0.15) is 17.9 Å². The topological polar surface area (TPSA) is 52.0 Å². The third-order valence-electron chi connectivity index (χ3n) is 3.02. The van der Waals surface area contributed by atoms with Crippen LogP contribution in [0.15, 0.2) is 48.5 Å². The molecule has 3 rings (SSSR count). The molecular weight excluding hydrogens is 252 g/mol. The van der Waals surface area contributed by atoms with E-state index in [0.717, 1.165) is 22.5 Å². The number of nitrogens with zero attached hydrogens (tertiary/aromatic N) is 3. The maximum atomic E-state index is 5.41. The molecule has 5 heteroatoms. The van der Waals surface area contributed by atoms with Crippen LogP contribution in [0.5, 0.6) is 5.75 Å². The van der Waals surface area contributed by atoms with Crippen molar-refractivity contribution in [2.45, 2.75) is 13.6 Å². The Bertz CT molecular complexity index is 690. The first-order chi connectivity index (χ1) is 9.86. The number of fused-ring (bicyclic) bond motifs is 1. The molecule has 0 fully saturated rings. The molecule has 0 unspecified atom stereocenters. The molecule has 1 heterocycles. The average molecular weight is 268 g/mol. The second kappa shape index (κ2) is 5.61. The molecule has 0 aliphatic heterocycles. The second-order valence-corrected chi connectivity index (χ2v) is 4.37. The van der Waals surface area contributed by atoms with Gasteiger partial charge in [0.2, 0.25) is 0 Å². The molecule has 0 saturated heterocycles. The summed E-state index contributed by atoms with van der Waals surface area (Å²) in [5.74, 6) is 0.879. The van der Waals surface area contributed by atoms with E-state index in [1.165, 1.54) is 0 Å². The van der Waals surface area contributed by atoms with Crippen molar-refractivity contribution in [2.75, 3.05) is 11.9 Å². The van der Waals surface area contributed by atoms with Crippen molar-refractivity contribution in [1.82, 2.24) is 15.0 Å². The summed E-state index contributed by atoms with van der Waals surface area (Å²) < 4.78 is 7.25. The number of rotatable bonds is 5. The molecule has 2 aromatic carbocycles. The SMILES string of the molecule is CCOc1ccc(NCn2nnc3ccccc32)cc1. The van der Waals surface area contributed by atoms with Crippen LogP contribution >= 0.6 is 0 Å². The van der Waals surface area contributed by atoms with E-state index in [2.05, 4.69) is 15.6 Å². The molecule has 1 aromatic heterocycles. The Balaban J connectivity index is 1.69. The summed E-state index contributed by atoms with van der Waals surface area (Å²) in [5, 5.41) is 11.6. The molecule has 20 heavy (non-hydrogen) atoms. The standard InChI is InChI=1S/C15H16N4O/c1-2-20-13-9-7-12(8-10-13)16-11-19-15-6-4-3-5-14(15)17-18-19/h3-10,16H,2,11H2,1H3. The van der Waals surface area contributed by atoms with Crippen LogP contribution in [-0.2, 0) is 6.67 Å². The Hall–Kier alpha value is -2.56. The summed E-state index contributed by atoms with van der Waals surface area (Å²) in [6.45, 7) is 3.23. The van der Waals surface area contributed by atoms with Gasteiger partial charge in [-0.05, 0) is 43.3 Å². The van der Waals surface area contributed by atoms with Crippen LogP contribution in [0.1, 0.15) is 6.92 Å². The number of para-hydroxylation sites is 1. The van der Waals surface area contributed by atoms with E-state index >= 15 is 0 Å². The van der Waals surface area contributed by atoms with E-state index < -0.39 is 0 Å². The summed E-state index contributed by atoms with van der Waals surface area (Å²) >= 11 is 0. The first-order valence-corrected chi connectivity index (χ1v) is 6.62. The fourth-order valence-corrected chi connectivity index (χ4v) is 2.04. The van der Waals surface area contributed by atoms with Crippen molar-refractivity contribution in [3.05, 3.63) is 48.5 Å². The van der Waals surface area contributed by atoms with Crippen molar-refractivity contribution in [1.29, 1.82) is 0 Å². The minimum Gasteiger partial charge on any atom is -0.494 e. The van der Waals surface area contributed by atoms with Gasteiger partial charge in [-0.15, -0.1) is 5.10 Å². The molecule has 0 aliphatic rings. The molecule has 1 N–H and O–H groups in total. The summed E-state index contributed by atoms with van der Waals surface area (Å²) in [7, 11) is 0. The fraction of sp³-hybridized carbons (Fsp3) is 0.200. The zero-order valence-corrected chi connectivity index (χ0v) is 11.3. The van der Waals surface area contributed by atoms with Crippen molar-refractivity contribution in [2.24, 2.45) is 0 Å². The van der Waals surface area contributed by atoms with Crippen LogP contribution in [-0.4, -0.2) is 21.6 Å². The number of benzene rings is 2. The van der Waals surface area contributed by atoms with Crippen LogP contribution in [0.2, 0.25) is 0 Å². The summed E-state index contributed by atoms with van der Waals surface area (Å²) in [6.07, 6.45) is 0. The lowest BCUT2D eigenvalue weighted by Gasteiger charge is -2.08. The molecule has 0 aliphatic carbocycles. The number of hydrogen-bond acceptors (Lipinski definition) is 4. The highest BCUT2D eigenvalue weighted by Gasteiger charge is 2.02. The molecule has 3 aromatic rings. The van der Waals surface area contributed by atoms with Gasteiger partial charge >= 0.3 is 0 Å². The molecule has 0 amide bonds. The van der Waals surface area contributed by atoms with E-state index in [0.29, 0.717) is 13.3 Å². The number of ether oxygens (including phenoxy) is 1. The molecule has 0 spiro atoms. The third kappa shape index (κ3) is 2.56. The molecule has 102 valence electrons. The van der Waals surface area contributed by atoms with Gasteiger partial charge in [-0.2, -0.15) is 0 Å². The number of hydrogen-bond donors (Lipinski definition) is 1. The maximum Gasteiger partial charge on any atom is 0.119 e. The Labute approximate surface area is 117 Å². The largest absolute Gasteiger partial charge is 0.494 e. The quantitative estimate of drug-likeness (QED) is 0.773. The Morgan fingerprint density at radius 1 is 1.10 bits per heavy atom. The summed E-state index contributed by atoms with van der Waals surface area (Å²) in [6, 6.07) is 15.8. The molecule has 0 bridgehead atoms. The lowest BCUT2D eigenvalue weighted by molar-refractivity contribution is 0.340. The third-order valence-corrected chi connectivity index (χ3v) is 3.02. The molecular formula is C15H16N4O. The van der Waals surface area contributed by atoms with Gasteiger partial charge in [-0.3, -0.25) is 0 Å². The predicted molar refractivity (Wildman–Crippen MR) is 78.8 cm³/mol. The van der Waals surface area contributed by atoms with Gasteiger partial charge in [0, 0.05) is 5.69 Å². The first kappa shape index (κ1) is 12.5. The zero-order chi connectivity index (χ0) is 13.8. The summed E-state index contributed by atoms with van der Waals surface area (Å²) in [4.78, 5) is 0. The van der Waals surface area contributed by atoms with Crippen LogP contribution < -0.4 is 10.1 Å². The van der Waals surface area contributed by atoms with Crippen molar-refractivity contribution < 1.29 is 4.74 Å². The Morgan fingerprint density at radius 3 is 2.70 bits per heavy atom. The first-order valence-electron chi connectivity index (χ1n) is 6.62. The molecule has 0 saturated carbocycles. The molecule has 5 nitrogen and oxygen atoms in total. The lowest BCUT2D eigenvalue weighted by atomic mass is 10.3. The Morgan fingerprint density at radius 2 is 1.90 bits per heavy atom. The average Bonchev–Trinajstić information content (AvgIpc) is 2.90. The van der Waals surface area contributed by atoms with Crippen LogP contribution in [0.25, 0.3) is 11.0 Å². The minimum absolute atomic E-state index is 0.578. The highest BCUT2D eigenvalue weighted by atomic mass is 16.5. The number of anilines is 1. The smallest absolute Gasteiger partial charge is 0.119 e. The molecule has 0 radical (unpaired) electrons. The van der Waals surface area contributed by atoms with E-state index in [9.17, 15) is 0 Å². The van der Waals surface area contributed by atoms with Crippen LogP contribution in [0.3, 0.4) is 0 Å². The molecule has 0 atom stereocenters. The number of nitrogens with one attached hydrogen (secondary N) is 1. The highest BCUT2D eigenvalue weighted by Crippen LogP contribution is 2.16. The van der Waals surface area contributed by atoms with Crippen LogP contribution in [0.4, 0.5) is 5.69 Å². The van der Waals surface area contributed by atoms with Gasteiger partial charge in [-0.25, -0.2) is 4.68 Å². The van der Waals surface area contributed by atoms with Gasteiger partial charge in [-0.1, -0.05) is 17.3 Å². The van der Waals surface area contributed by atoms with Crippen molar-refractivity contribution in [3.63, 3.8) is 0 Å². The highest BCUT2D eigenvalue weighted by molar-refractivity contribution is 5.73. The van der Waals surface area contributed by atoms with Gasteiger partial charge < -0.3 is 10.1 Å². The second-order valence-electron chi connectivity index (χ2n) is 4.37. The van der Waals surface area contributed by atoms with Crippen molar-refractivity contribution in [3.8, 4) is 5.75 Å². The van der Waals surface area contributed by atoms with Crippen molar-refractivity contribution >= 4 is 16.7 Å². The summed E-state index contributed by atoms with van der Waals surface area (Å²) in [5.41, 5.74) is 2.94. The monoisotopic (exact) mass is 268 g/mol. The van der Waals surface area contributed by atoms with E-state index in [4.69, 9.17) is 4.74 Å². The van der Waals surface area contributed by atoms with E-state index in [1.807, 2.05) is 60.1 Å². The normalized spacial score (nSPS) is 10.7.